The molecular weight excluding hydrogens is 337 g/mol. The van der Waals surface area contributed by atoms with Crippen LogP contribution in [0.25, 0.3) is 10.9 Å². The van der Waals surface area contributed by atoms with Crippen LogP contribution in [-0.2, 0) is 13.0 Å². The summed E-state index contributed by atoms with van der Waals surface area (Å²) in [4.78, 5) is 17.3. The van der Waals surface area contributed by atoms with Gasteiger partial charge in [0.25, 0.3) is 0 Å². The number of aryl methyl sites for hydroxylation is 1. The topological polar surface area (TPSA) is 82.4 Å². The smallest absolute Gasteiger partial charge is 0.189 e. The SMILES string of the molecule is Cc1cc(C[C@@H]2CN(Cc3cc(=O)c4cccc(F)c4[nH]3)C[C@H]2O)on1. The lowest BCUT2D eigenvalue weighted by atomic mass is 10.0. The van der Waals surface area contributed by atoms with Crippen molar-refractivity contribution in [2.24, 2.45) is 5.92 Å². The fourth-order valence-corrected chi connectivity index (χ4v) is 3.66. The summed E-state index contributed by atoms with van der Waals surface area (Å²) in [7, 11) is 0. The van der Waals surface area contributed by atoms with E-state index in [0.717, 1.165) is 11.5 Å². The Balaban J connectivity index is 1.50. The third kappa shape index (κ3) is 3.27. The predicted octanol–water partition coefficient (Wildman–Crippen LogP) is 2.00. The molecule has 3 aromatic rings. The van der Waals surface area contributed by atoms with Gasteiger partial charge in [-0.05, 0) is 19.1 Å². The van der Waals surface area contributed by atoms with Crippen molar-refractivity contribution in [3.05, 3.63) is 63.5 Å². The van der Waals surface area contributed by atoms with Gasteiger partial charge in [0, 0.05) is 55.2 Å². The first kappa shape index (κ1) is 16.9. The number of aliphatic hydroxyl groups excluding tert-OH is 1. The van der Waals surface area contributed by atoms with Gasteiger partial charge in [-0.15, -0.1) is 0 Å². The van der Waals surface area contributed by atoms with Gasteiger partial charge in [0.2, 0.25) is 0 Å². The number of nitrogens with one attached hydrogen (secondary N) is 1. The van der Waals surface area contributed by atoms with E-state index in [2.05, 4.69) is 15.0 Å². The summed E-state index contributed by atoms with van der Waals surface area (Å²) in [5.41, 5.74) is 1.47. The average Bonchev–Trinajstić information content (AvgIpc) is 3.15. The maximum Gasteiger partial charge on any atom is 0.189 e. The molecule has 2 atom stereocenters. The highest BCUT2D eigenvalue weighted by Gasteiger charge is 2.32. The summed E-state index contributed by atoms with van der Waals surface area (Å²) in [6.45, 7) is 3.47. The van der Waals surface area contributed by atoms with E-state index in [0.29, 0.717) is 37.1 Å². The number of fused-ring (bicyclic) bond motifs is 1. The van der Waals surface area contributed by atoms with Gasteiger partial charge in [0.1, 0.15) is 11.6 Å². The maximum absolute atomic E-state index is 14.0. The average molecular weight is 357 g/mol. The van der Waals surface area contributed by atoms with Crippen LogP contribution in [0.1, 0.15) is 17.1 Å². The number of H-pyrrole nitrogens is 1. The second-order valence-electron chi connectivity index (χ2n) is 6.98. The fraction of sp³-hybridized carbons (Fsp3) is 0.368. The van der Waals surface area contributed by atoms with E-state index in [1.807, 2.05) is 13.0 Å². The van der Waals surface area contributed by atoms with Crippen LogP contribution >= 0.6 is 0 Å². The Morgan fingerprint density at radius 3 is 3.00 bits per heavy atom. The number of likely N-dealkylation sites (tertiary alicyclic amines) is 1. The van der Waals surface area contributed by atoms with E-state index in [1.54, 1.807) is 6.07 Å². The van der Waals surface area contributed by atoms with Crippen molar-refractivity contribution in [3.63, 3.8) is 0 Å². The van der Waals surface area contributed by atoms with Gasteiger partial charge >= 0.3 is 0 Å². The third-order valence-electron chi connectivity index (χ3n) is 4.89. The number of aromatic nitrogens is 2. The predicted molar refractivity (Wildman–Crippen MR) is 94.2 cm³/mol. The number of rotatable bonds is 4. The maximum atomic E-state index is 14.0. The van der Waals surface area contributed by atoms with E-state index in [-0.39, 0.29) is 16.9 Å². The lowest BCUT2D eigenvalue weighted by Gasteiger charge is -2.15. The summed E-state index contributed by atoms with van der Waals surface area (Å²) in [5, 5.41) is 14.6. The first-order valence-electron chi connectivity index (χ1n) is 8.62. The Bertz CT molecular complexity index is 997. The normalized spacial score (nSPS) is 20.9. The van der Waals surface area contributed by atoms with Crippen LogP contribution in [0, 0.1) is 18.7 Å². The highest BCUT2D eigenvalue weighted by Crippen LogP contribution is 2.23. The molecule has 1 aromatic carbocycles. The van der Waals surface area contributed by atoms with Gasteiger partial charge in [-0.2, -0.15) is 0 Å². The van der Waals surface area contributed by atoms with Gasteiger partial charge in [0.15, 0.2) is 5.43 Å². The summed E-state index contributed by atoms with van der Waals surface area (Å²) in [6, 6.07) is 7.84. The first-order valence-corrected chi connectivity index (χ1v) is 8.62. The summed E-state index contributed by atoms with van der Waals surface area (Å²) in [5.74, 6) is 0.349. The molecule has 0 bridgehead atoms. The number of aromatic amines is 1. The fourth-order valence-electron chi connectivity index (χ4n) is 3.66. The number of pyridine rings is 1. The van der Waals surface area contributed by atoms with Crippen molar-refractivity contribution in [1.29, 1.82) is 0 Å². The number of β-amino-alcohol motifs (C(OH)–C–C–N with tert-alkyl or cyclic N) is 1. The Morgan fingerprint density at radius 2 is 2.23 bits per heavy atom. The molecule has 0 amide bonds. The molecule has 6 nitrogen and oxygen atoms in total. The molecule has 0 aliphatic carbocycles. The standard InChI is InChI=1S/C19H20FN3O3/c1-11-5-14(26-22-11)6-12-8-23(10-18(12)25)9-13-7-17(24)15-3-2-4-16(20)19(15)21-13/h2-5,7,12,18,25H,6,8-10H2,1H3,(H,21,24)/t12-,18-/m1/s1. The van der Waals surface area contributed by atoms with Gasteiger partial charge in [-0.25, -0.2) is 4.39 Å². The molecule has 2 N–H and O–H groups in total. The van der Waals surface area contributed by atoms with Gasteiger partial charge in [-0.1, -0.05) is 11.2 Å². The minimum atomic E-state index is -0.482. The number of hydrogen-bond acceptors (Lipinski definition) is 5. The number of aliphatic hydroxyl groups is 1. The van der Waals surface area contributed by atoms with E-state index >= 15 is 0 Å². The molecule has 0 spiro atoms. The van der Waals surface area contributed by atoms with Gasteiger partial charge < -0.3 is 14.6 Å². The van der Waals surface area contributed by atoms with Crippen molar-refractivity contribution < 1.29 is 14.0 Å². The second kappa shape index (κ2) is 6.66. The minimum Gasteiger partial charge on any atom is -0.391 e. The van der Waals surface area contributed by atoms with Gasteiger partial charge in [-0.3, -0.25) is 9.69 Å². The van der Waals surface area contributed by atoms with Crippen molar-refractivity contribution in [1.82, 2.24) is 15.0 Å². The Morgan fingerprint density at radius 1 is 1.38 bits per heavy atom. The van der Waals surface area contributed by atoms with Crippen molar-refractivity contribution in [3.8, 4) is 0 Å². The van der Waals surface area contributed by atoms with Crippen LogP contribution in [0.3, 0.4) is 0 Å². The van der Waals surface area contributed by atoms with Crippen molar-refractivity contribution in [2.75, 3.05) is 13.1 Å². The molecule has 3 heterocycles. The number of para-hydroxylation sites is 1. The molecule has 1 aliphatic rings. The summed E-state index contributed by atoms with van der Waals surface area (Å²) < 4.78 is 19.2. The second-order valence-corrected chi connectivity index (χ2v) is 6.98. The van der Waals surface area contributed by atoms with Crippen LogP contribution in [0.15, 0.2) is 39.6 Å². The van der Waals surface area contributed by atoms with Crippen LogP contribution in [0.4, 0.5) is 4.39 Å². The highest BCUT2D eigenvalue weighted by molar-refractivity contribution is 5.78. The molecule has 0 radical (unpaired) electrons. The van der Waals surface area contributed by atoms with Crippen LogP contribution in [0.2, 0.25) is 0 Å². The lowest BCUT2D eigenvalue weighted by molar-refractivity contribution is 0.137. The van der Waals surface area contributed by atoms with E-state index in [4.69, 9.17) is 4.52 Å². The molecular formula is C19H20FN3O3. The zero-order valence-electron chi connectivity index (χ0n) is 14.4. The van der Waals surface area contributed by atoms with Crippen LogP contribution in [-0.4, -0.2) is 39.3 Å². The molecule has 1 aliphatic heterocycles. The summed E-state index contributed by atoms with van der Waals surface area (Å²) >= 11 is 0. The molecule has 136 valence electrons. The molecule has 0 unspecified atom stereocenters. The van der Waals surface area contributed by atoms with E-state index in [1.165, 1.54) is 18.2 Å². The number of halogens is 1. The molecule has 0 saturated carbocycles. The zero-order chi connectivity index (χ0) is 18.3. The summed E-state index contributed by atoms with van der Waals surface area (Å²) in [6.07, 6.45) is 0.130. The van der Waals surface area contributed by atoms with E-state index < -0.39 is 11.9 Å². The van der Waals surface area contributed by atoms with Crippen LogP contribution < -0.4 is 5.43 Å². The molecule has 26 heavy (non-hydrogen) atoms. The Labute approximate surface area is 149 Å². The molecule has 2 aromatic heterocycles. The zero-order valence-corrected chi connectivity index (χ0v) is 14.4. The van der Waals surface area contributed by atoms with Gasteiger partial charge in [0.05, 0.1) is 17.3 Å². The lowest BCUT2D eigenvalue weighted by Crippen LogP contribution is -2.23. The quantitative estimate of drug-likeness (QED) is 0.746. The Hall–Kier alpha value is -2.51. The highest BCUT2D eigenvalue weighted by atomic mass is 19.1. The monoisotopic (exact) mass is 357 g/mol. The minimum absolute atomic E-state index is 0.0336. The molecule has 1 saturated heterocycles. The molecule has 7 heteroatoms. The number of hydrogen-bond donors (Lipinski definition) is 2. The molecule has 1 fully saturated rings. The molecule has 4 rings (SSSR count). The number of benzene rings is 1. The Kier molecular flexibility index (Phi) is 4.34. The third-order valence-corrected chi connectivity index (χ3v) is 4.89. The van der Waals surface area contributed by atoms with E-state index in [9.17, 15) is 14.3 Å². The van der Waals surface area contributed by atoms with Crippen molar-refractivity contribution >= 4 is 10.9 Å². The largest absolute Gasteiger partial charge is 0.391 e. The van der Waals surface area contributed by atoms with Crippen molar-refractivity contribution in [2.45, 2.75) is 26.0 Å². The first-order chi connectivity index (χ1) is 12.5. The number of nitrogens with zero attached hydrogens (tertiary/aromatic N) is 2. The van der Waals surface area contributed by atoms with Crippen LogP contribution in [0.5, 0.6) is 0 Å².